The number of hydrogen-bond donors (Lipinski definition) is 2. The van der Waals surface area contributed by atoms with Crippen molar-refractivity contribution in [2.75, 3.05) is 18.0 Å². The van der Waals surface area contributed by atoms with E-state index in [0.29, 0.717) is 11.8 Å². The number of H-pyrrole nitrogens is 1. The fraction of sp³-hybridized carbons (Fsp3) is 0.533. The maximum Gasteiger partial charge on any atom is 0.0709 e. The molecule has 5 heteroatoms. The Morgan fingerprint density at radius 2 is 2.05 bits per heavy atom. The Morgan fingerprint density at radius 3 is 2.75 bits per heavy atom. The molecular formula is C15H18ClN3O. The van der Waals surface area contributed by atoms with Gasteiger partial charge >= 0.3 is 0 Å². The first-order valence-electron chi connectivity index (χ1n) is 7.15. The molecule has 1 saturated heterocycles. The smallest absolute Gasteiger partial charge is 0.0709 e. The first kappa shape index (κ1) is 12.5. The van der Waals surface area contributed by atoms with E-state index in [0.717, 1.165) is 47.5 Å². The molecule has 106 valence electrons. The summed E-state index contributed by atoms with van der Waals surface area (Å²) >= 11 is 6.43. The van der Waals surface area contributed by atoms with Crippen molar-refractivity contribution in [1.82, 2.24) is 10.2 Å². The van der Waals surface area contributed by atoms with Crippen molar-refractivity contribution in [3.8, 4) is 0 Å². The topological polar surface area (TPSA) is 52.1 Å². The molecule has 4 nitrogen and oxygen atoms in total. The third kappa shape index (κ3) is 1.68. The largest absolute Gasteiger partial charge is 0.389 e. The molecule has 2 fully saturated rings. The number of halogens is 1. The molecule has 1 saturated carbocycles. The minimum atomic E-state index is -0.513. The lowest BCUT2D eigenvalue weighted by atomic mass is 9.82. The van der Waals surface area contributed by atoms with E-state index in [2.05, 4.69) is 21.2 Å². The summed E-state index contributed by atoms with van der Waals surface area (Å²) in [6.45, 7) is 3.75. The zero-order valence-corrected chi connectivity index (χ0v) is 12.2. The molecule has 1 aromatic heterocycles. The lowest BCUT2D eigenvalue weighted by Crippen LogP contribution is -2.52. The molecule has 2 aliphatic rings. The average Bonchev–Trinajstić information content (AvgIpc) is 2.85. The average molecular weight is 292 g/mol. The van der Waals surface area contributed by atoms with E-state index in [-0.39, 0.29) is 0 Å². The molecule has 2 heterocycles. The number of anilines is 1. The van der Waals surface area contributed by atoms with Crippen LogP contribution in [0, 0.1) is 11.8 Å². The van der Waals surface area contributed by atoms with Gasteiger partial charge in [0, 0.05) is 30.3 Å². The highest BCUT2D eigenvalue weighted by Gasteiger charge is 2.49. The van der Waals surface area contributed by atoms with Gasteiger partial charge in [0.05, 0.1) is 28.0 Å². The monoisotopic (exact) mass is 291 g/mol. The zero-order chi connectivity index (χ0) is 13.9. The third-order valence-electron chi connectivity index (χ3n) is 5.25. The fourth-order valence-electron chi connectivity index (χ4n) is 3.87. The predicted octanol–water partition coefficient (Wildman–Crippen LogP) is 2.81. The van der Waals surface area contributed by atoms with E-state index < -0.39 is 5.60 Å². The van der Waals surface area contributed by atoms with Crippen molar-refractivity contribution in [1.29, 1.82) is 0 Å². The van der Waals surface area contributed by atoms with Gasteiger partial charge in [0.25, 0.3) is 0 Å². The van der Waals surface area contributed by atoms with Crippen molar-refractivity contribution in [2.45, 2.75) is 25.4 Å². The summed E-state index contributed by atoms with van der Waals surface area (Å²) in [5.74, 6) is 0.685. The summed E-state index contributed by atoms with van der Waals surface area (Å²) in [4.78, 5) is 2.32. The van der Waals surface area contributed by atoms with Gasteiger partial charge in [-0.3, -0.25) is 5.10 Å². The summed E-state index contributed by atoms with van der Waals surface area (Å²) in [7, 11) is 0. The summed E-state index contributed by atoms with van der Waals surface area (Å²) < 4.78 is 0. The van der Waals surface area contributed by atoms with Gasteiger partial charge in [0.2, 0.25) is 0 Å². The summed E-state index contributed by atoms with van der Waals surface area (Å²) in [6.07, 6.45) is 4.01. The maximum atomic E-state index is 10.6. The Balaban J connectivity index is 1.72. The zero-order valence-electron chi connectivity index (χ0n) is 11.4. The summed E-state index contributed by atoms with van der Waals surface area (Å²) in [5.41, 5.74) is 1.55. The highest BCUT2D eigenvalue weighted by molar-refractivity contribution is 6.34. The highest BCUT2D eigenvalue weighted by atomic mass is 35.5. The fourth-order valence-corrected chi connectivity index (χ4v) is 4.16. The van der Waals surface area contributed by atoms with Crippen LogP contribution in [-0.4, -0.2) is 34.0 Å². The van der Waals surface area contributed by atoms with Gasteiger partial charge in [-0.15, -0.1) is 0 Å². The van der Waals surface area contributed by atoms with Gasteiger partial charge in [-0.25, -0.2) is 0 Å². The second-order valence-electron chi connectivity index (χ2n) is 6.36. The number of rotatable bonds is 1. The van der Waals surface area contributed by atoms with Gasteiger partial charge < -0.3 is 10.0 Å². The quantitative estimate of drug-likeness (QED) is 0.849. The number of nitrogens with one attached hydrogen (secondary N) is 1. The van der Waals surface area contributed by atoms with Crippen LogP contribution in [-0.2, 0) is 0 Å². The van der Waals surface area contributed by atoms with Crippen LogP contribution in [0.2, 0.25) is 5.02 Å². The van der Waals surface area contributed by atoms with Gasteiger partial charge in [0.15, 0.2) is 0 Å². The molecule has 2 bridgehead atoms. The van der Waals surface area contributed by atoms with E-state index in [1.165, 1.54) is 0 Å². The molecule has 20 heavy (non-hydrogen) atoms. The second kappa shape index (κ2) is 4.12. The number of aromatic amines is 1. The molecular weight excluding hydrogens is 274 g/mol. The molecule has 2 unspecified atom stereocenters. The van der Waals surface area contributed by atoms with Crippen molar-refractivity contribution < 1.29 is 5.11 Å². The van der Waals surface area contributed by atoms with E-state index in [4.69, 9.17) is 11.6 Å². The lowest BCUT2D eigenvalue weighted by Gasteiger charge is -2.43. The normalized spacial score (nSPS) is 33.0. The first-order valence-corrected chi connectivity index (χ1v) is 7.53. The predicted molar refractivity (Wildman–Crippen MR) is 80.2 cm³/mol. The Morgan fingerprint density at radius 1 is 1.35 bits per heavy atom. The number of aromatic nitrogens is 2. The molecule has 1 aliphatic heterocycles. The molecule has 2 atom stereocenters. The summed E-state index contributed by atoms with van der Waals surface area (Å²) in [6, 6.07) is 4.04. The van der Waals surface area contributed by atoms with Crippen LogP contribution in [0.25, 0.3) is 10.9 Å². The minimum Gasteiger partial charge on any atom is -0.389 e. The van der Waals surface area contributed by atoms with Crippen LogP contribution < -0.4 is 4.90 Å². The Labute approximate surface area is 122 Å². The minimum absolute atomic E-state index is 0.342. The van der Waals surface area contributed by atoms with Crippen LogP contribution in [0.5, 0.6) is 0 Å². The van der Waals surface area contributed by atoms with Crippen molar-refractivity contribution >= 4 is 28.2 Å². The highest BCUT2D eigenvalue weighted by Crippen LogP contribution is 2.46. The Hall–Kier alpha value is -1.26. The van der Waals surface area contributed by atoms with E-state index >= 15 is 0 Å². The third-order valence-corrected chi connectivity index (χ3v) is 5.55. The van der Waals surface area contributed by atoms with Crippen LogP contribution in [0.1, 0.15) is 19.8 Å². The second-order valence-corrected chi connectivity index (χ2v) is 6.77. The number of fused-ring (bicyclic) bond motifs is 3. The van der Waals surface area contributed by atoms with E-state index in [9.17, 15) is 5.11 Å². The molecule has 0 spiro atoms. The number of hydrogen-bond acceptors (Lipinski definition) is 3. The number of aliphatic hydroxyl groups is 1. The van der Waals surface area contributed by atoms with E-state index in [1.807, 2.05) is 13.0 Å². The molecule has 2 aromatic rings. The molecule has 4 rings (SSSR count). The van der Waals surface area contributed by atoms with Crippen LogP contribution >= 0.6 is 11.6 Å². The van der Waals surface area contributed by atoms with Gasteiger partial charge in [-0.05, 0) is 31.9 Å². The van der Waals surface area contributed by atoms with E-state index in [1.54, 1.807) is 6.20 Å². The van der Waals surface area contributed by atoms with Crippen molar-refractivity contribution in [3.63, 3.8) is 0 Å². The van der Waals surface area contributed by atoms with Gasteiger partial charge in [-0.1, -0.05) is 11.6 Å². The summed E-state index contributed by atoms with van der Waals surface area (Å²) in [5, 5.41) is 19.4. The Bertz CT molecular complexity index is 650. The van der Waals surface area contributed by atoms with Crippen molar-refractivity contribution in [3.05, 3.63) is 23.4 Å². The van der Waals surface area contributed by atoms with Crippen LogP contribution in [0.3, 0.4) is 0 Å². The van der Waals surface area contributed by atoms with Crippen LogP contribution in [0.15, 0.2) is 18.3 Å². The number of nitrogens with zero attached hydrogens (tertiary/aromatic N) is 2. The number of piperidine rings is 1. The molecule has 0 radical (unpaired) electrons. The molecule has 0 amide bonds. The van der Waals surface area contributed by atoms with Gasteiger partial charge in [-0.2, -0.15) is 5.10 Å². The SMILES string of the molecule is CC1(O)C2CCC1CN(c1cc3[nH]ncc3cc1Cl)C2. The Kier molecular flexibility index (Phi) is 2.57. The standard InChI is InChI=1S/C15H18ClN3O/c1-15(20)10-2-3-11(15)8-19(7-10)14-5-13-9(4-12(14)16)6-17-18-13/h4-6,10-11,20H,2-3,7-8H2,1H3,(H,17,18). The lowest BCUT2D eigenvalue weighted by molar-refractivity contribution is -0.0271. The maximum absolute atomic E-state index is 10.6. The van der Waals surface area contributed by atoms with Crippen LogP contribution in [0.4, 0.5) is 5.69 Å². The molecule has 1 aliphatic carbocycles. The molecule has 2 N–H and O–H groups in total. The number of benzene rings is 1. The van der Waals surface area contributed by atoms with Crippen molar-refractivity contribution in [2.24, 2.45) is 11.8 Å². The molecule has 1 aromatic carbocycles. The first-order chi connectivity index (χ1) is 9.55. The van der Waals surface area contributed by atoms with Gasteiger partial charge in [0.1, 0.15) is 0 Å².